The van der Waals surface area contributed by atoms with E-state index < -0.39 is 9.12 Å². The van der Waals surface area contributed by atoms with Crippen molar-refractivity contribution in [2.24, 2.45) is 0 Å². The molecule has 0 radical (unpaired) electrons. The highest BCUT2D eigenvalue weighted by molar-refractivity contribution is 6.59. The molecule has 1 atom stereocenters. The van der Waals surface area contributed by atoms with E-state index in [1.54, 1.807) is 0 Å². The molecule has 1 aromatic rings. The number of rotatable bonds is 6. The van der Waals surface area contributed by atoms with Gasteiger partial charge in [0, 0.05) is 0 Å². The van der Waals surface area contributed by atoms with Crippen LogP contribution < -0.4 is 0 Å². The smallest absolute Gasteiger partial charge is 0.215 e. The molecule has 1 unspecified atom stereocenters. The van der Waals surface area contributed by atoms with Crippen LogP contribution in [0.5, 0.6) is 0 Å². The summed E-state index contributed by atoms with van der Waals surface area (Å²) in [6.07, 6.45) is 2.26. The molecular formula is C14H24N2Si. The lowest BCUT2D eigenvalue weighted by molar-refractivity contribution is 0.433. The summed E-state index contributed by atoms with van der Waals surface area (Å²) in [4.78, 5) is 0. The van der Waals surface area contributed by atoms with Gasteiger partial charge in [-0.1, -0.05) is 56.0 Å². The van der Waals surface area contributed by atoms with E-state index in [1.807, 2.05) is 0 Å². The first-order chi connectivity index (χ1) is 8.19. The number of benzene rings is 1. The van der Waals surface area contributed by atoms with Crippen LogP contribution in [0.4, 0.5) is 0 Å². The standard InChI is InChI=1S/C14H24N2Si/c1-5-16(6-2)17(15(3)4)13-12-14-10-8-7-9-11-14/h7-13,17H,5-6H2,1-4H3. The largest absolute Gasteiger partial charge is 0.317 e. The minimum absolute atomic E-state index is 1.11. The highest BCUT2D eigenvalue weighted by Crippen LogP contribution is 2.05. The predicted octanol–water partition coefficient (Wildman–Crippen LogP) is 2.36. The maximum atomic E-state index is 2.57. The maximum Gasteiger partial charge on any atom is 0.215 e. The fourth-order valence-electron chi connectivity index (χ4n) is 1.98. The van der Waals surface area contributed by atoms with Gasteiger partial charge in [0.15, 0.2) is 0 Å². The molecular weight excluding hydrogens is 224 g/mol. The third-order valence-electron chi connectivity index (χ3n) is 2.98. The normalized spacial score (nSPS) is 13.8. The van der Waals surface area contributed by atoms with E-state index in [2.05, 4.69) is 79.2 Å². The van der Waals surface area contributed by atoms with Gasteiger partial charge in [-0.2, -0.15) is 0 Å². The van der Waals surface area contributed by atoms with Gasteiger partial charge in [0.25, 0.3) is 0 Å². The molecule has 94 valence electrons. The van der Waals surface area contributed by atoms with Crippen molar-refractivity contribution < 1.29 is 0 Å². The highest BCUT2D eigenvalue weighted by atomic mass is 28.3. The van der Waals surface area contributed by atoms with Crippen LogP contribution in [-0.2, 0) is 0 Å². The lowest BCUT2D eigenvalue weighted by Gasteiger charge is -2.30. The second kappa shape index (κ2) is 7.43. The molecule has 0 saturated heterocycles. The fourth-order valence-corrected chi connectivity index (χ4v) is 4.36. The molecule has 0 saturated carbocycles. The van der Waals surface area contributed by atoms with Gasteiger partial charge in [-0.25, -0.2) is 0 Å². The van der Waals surface area contributed by atoms with Crippen molar-refractivity contribution >= 4 is 15.2 Å². The van der Waals surface area contributed by atoms with Crippen LogP contribution in [0.3, 0.4) is 0 Å². The van der Waals surface area contributed by atoms with Crippen molar-refractivity contribution in [3.05, 3.63) is 41.6 Å². The van der Waals surface area contributed by atoms with E-state index in [-0.39, 0.29) is 0 Å². The SMILES string of the molecule is CCN(CC)[SiH](C=Cc1ccccc1)N(C)C. The third kappa shape index (κ3) is 4.46. The van der Waals surface area contributed by atoms with Crippen LogP contribution >= 0.6 is 0 Å². The van der Waals surface area contributed by atoms with E-state index >= 15 is 0 Å². The van der Waals surface area contributed by atoms with E-state index in [9.17, 15) is 0 Å². The van der Waals surface area contributed by atoms with Crippen molar-refractivity contribution in [2.75, 3.05) is 27.2 Å². The van der Waals surface area contributed by atoms with Crippen LogP contribution in [0, 0.1) is 0 Å². The Bertz CT molecular complexity index is 331. The first-order valence-electron chi connectivity index (χ1n) is 6.32. The molecule has 17 heavy (non-hydrogen) atoms. The van der Waals surface area contributed by atoms with Crippen LogP contribution in [-0.4, -0.2) is 45.4 Å². The first-order valence-corrected chi connectivity index (χ1v) is 8.02. The summed E-state index contributed by atoms with van der Waals surface area (Å²) < 4.78 is 4.95. The topological polar surface area (TPSA) is 6.48 Å². The number of hydrogen-bond donors (Lipinski definition) is 0. The Morgan fingerprint density at radius 1 is 1.06 bits per heavy atom. The Labute approximate surface area is 107 Å². The van der Waals surface area contributed by atoms with Crippen molar-refractivity contribution in [3.8, 4) is 0 Å². The number of nitrogens with zero attached hydrogens (tertiary/aromatic N) is 2. The van der Waals surface area contributed by atoms with Crippen molar-refractivity contribution in [3.63, 3.8) is 0 Å². The molecule has 0 spiro atoms. The van der Waals surface area contributed by atoms with Gasteiger partial charge in [-0.3, -0.25) is 0 Å². The van der Waals surface area contributed by atoms with Crippen molar-refractivity contribution in [2.45, 2.75) is 13.8 Å². The summed E-state index contributed by atoms with van der Waals surface area (Å²) in [5.41, 5.74) is 3.70. The second-order valence-corrected chi connectivity index (χ2v) is 7.34. The van der Waals surface area contributed by atoms with Crippen LogP contribution in [0.2, 0.25) is 0 Å². The molecule has 1 rings (SSSR count). The summed E-state index contributed by atoms with van der Waals surface area (Å²) in [7, 11) is 3.26. The van der Waals surface area contributed by atoms with Crippen LogP contribution in [0.15, 0.2) is 36.0 Å². The summed E-state index contributed by atoms with van der Waals surface area (Å²) in [5.74, 6) is 0. The van der Waals surface area contributed by atoms with Crippen LogP contribution in [0.25, 0.3) is 6.08 Å². The molecule has 0 aliphatic carbocycles. The minimum Gasteiger partial charge on any atom is -0.317 e. The van der Waals surface area contributed by atoms with Crippen molar-refractivity contribution in [1.29, 1.82) is 0 Å². The van der Waals surface area contributed by atoms with Gasteiger partial charge in [0.05, 0.1) is 0 Å². The predicted molar refractivity (Wildman–Crippen MR) is 79.2 cm³/mol. The van der Waals surface area contributed by atoms with E-state index in [0.717, 1.165) is 13.1 Å². The molecule has 2 nitrogen and oxygen atoms in total. The van der Waals surface area contributed by atoms with E-state index in [0.29, 0.717) is 0 Å². The van der Waals surface area contributed by atoms with E-state index in [1.165, 1.54) is 5.56 Å². The zero-order valence-corrected chi connectivity index (χ0v) is 12.6. The maximum absolute atomic E-state index is 2.57. The lowest BCUT2D eigenvalue weighted by atomic mass is 10.2. The summed E-state index contributed by atoms with van der Waals surface area (Å²) in [5, 5.41) is 0. The van der Waals surface area contributed by atoms with E-state index in [4.69, 9.17) is 0 Å². The molecule has 0 bridgehead atoms. The summed E-state index contributed by atoms with van der Waals surface area (Å²) in [6, 6.07) is 10.5. The van der Waals surface area contributed by atoms with Gasteiger partial charge in [-0.15, -0.1) is 0 Å². The third-order valence-corrected chi connectivity index (χ3v) is 6.05. The molecule has 0 N–H and O–H groups in total. The monoisotopic (exact) mass is 248 g/mol. The second-order valence-electron chi connectivity index (χ2n) is 4.37. The Morgan fingerprint density at radius 3 is 2.12 bits per heavy atom. The van der Waals surface area contributed by atoms with Gasteiger partial charge in [0.2, 0.25) is 9.12 Å². The zero-order chi connectivity index (χ0) is 12.7. The van der Waals surface area contributed by atoms with Crippen molar-refractivity contribution in [1.82, 2.24) is 9.13 Å². The molecule has 0 aromatic heterocycles. The summed E-state index contributed by atoms with van der Waals surface area (Å²) in [6.45, 7) is 6.74. The van der Waals surface area contributed by atoms with Gasteiger partial charge < -0.3 is 9.13 Å². The molecule has 0 fully saturated rings. The molecule has 0 amide bonds. The first kappa shape index (κ1) is 14.2. The Balaban J connectivity index is 2.76. The molecule has 0 aliphatic rings. The Morgan fingerprint density at radius 2 is 1.65 bits per heavy atom. The van der Waals surface area contributed by atoms with Gasteiger partial charge in [0.1, 0.15) is 0 Å². The molecule has 3 heteroatoms. The molecule has 1 aromatic carbocycles. The highest BCUT2D eigenvalue weighted by Gasteiger charge is 2.16. The van der Waals surface area contributed by atoms with Crippen LogP contribution in [0.1, 0.15) is 19.4 Å². The van der Waals surface area contributed by atoms with Gasteiger partial charge >= 0.3 is 0 Å². The molecule has 0 heterocycles. The fraction of sp³-hybridized carbons (Fsp3) is 0.429. The average molecular weight is 248 g/mol. The quantitative estimate of drug-likeness (QED) is 0.713. The lowest BCUT2D eigenvalue weighted by Crippen LogP contribution is -2.48. The summed E-state index contributed by atoms with van der Waals surface area (Å²) >= 11 is 0. The number of hydrogen-bond acceptors (Lipinski definition) is 2. The average Bonchev–Trinajstić information content (AvgIpc) is 2.35. The van der Waals surface area contributed by atoms with Gasteiger partial charge in [-0.05, 0) is 32.7 Å². The Hall–Kier alpha value is -0.903. The Kier molecular flexibility index (Phi) is 6.19. The zero-order valence-electron chi connectivity index (χ0n) is 11.4. The molecule has 0 aliphatic heterocycles. The minimum atomic E-state index is -1.11.